The number of likely N-dealkylation sites (tertiary alicyclic amines) is 1. The topological polar surface area (TPSA) is 83.0 Å². The standard InChI is InChI=1S/C19H30N4O3/c1-19(2,26-4)11-22-18(20-3)21-8-5-9-23-16(24)14-12-6-7-13(10-12)15(14)17(23)25/h6-7,12-15H,5,8-11H2,1-4H3,(H2,20,21,22). The quantitative estimate of drug-likeness (QED) is 0.230. The molecule has 26 heavy (non-hydrogen) atoms. The zero-order valence-electron chi connectivity index (χ0n) is 16.1. The minimum absolute atomic E-state index is 0.0289. The van der Waals surface area contributed by atoms with E-state index in [4.69, 9.17) is 4.74 Å². The van der Waals surface area contributed by atoms with Gasteiger partial charge < -0.3 is 15.4 Å². The highest BCUT2D eigenvalue weighted by molar-refractivity contribution is 6.06. The summed E-state index contributed by atoms with van der Waals surface area (Å²) in [6.45, 7) is 5.74. The SMILES string of the molecule is CN=C(NCCCN1C(=O)C2C3C=CC(C3)C2C1=O)NCC(C)(C)OC. The van der Waals surface area contributed by atoms with E-state index >= 15 is 0 Å². The van der Waals surface area contributed by atoms with Crippen molar-refractivity contribution in [2.45, 2.75) is 32.3 Å². The second-order valence-electron chi connectivity index (χ2n) is 8.00. The summed E-state index contributed by atoms with van der Waals surface area (Å²) in [5.41, 5.74) is -0.281. The average Bonchev–Trinajstić information content (AvgIpc) is 3.30. The fraction of sp³-hybridized carbons (Fsp3) is 0.737. The summed E-state index contributed by atoms with van der Waals surface area (Å²) < 4.78 is 5.38. The zero-order chi connectivity index (χ0) is 18.9. The smallest absolute Gasteiger partial charge is 0.233 e. The summed E-state index contributed by atoms with van der Waals surface area (Å²) in [5, 5.41) is 6.44. The van der Waals surface area contributed by atoms with Crippen LogP contribution in [0.5, 0.6) is 0 Å². The van der Waals surface area contributed by atoms with Gasteiger partial charge >= 0.3 is 0 Å². The maximum atomic E-state index is 12.6. The molecule has 2 fully saturated rings. The van der Waals surface area contributed by atoms with Gasteiger partial charge in [0.15, 0.2) is 5.96 Å². The fourth-order valence-corrected chi connectivity index (χ4v) is 4.22. The van der Waals surface area contributed by atoms with Gasteiger partial charge in [-0.15, -0.1) is 0 Å². The minimum Gasteiger partial charge on any atom is -0.377 e. The van der Waals surface area contributed by atoms with Crippen molar-refractivity contribution >= 4 is 17.8 Å². The number of nitrogens with zero attached hydrogens (tertiary/aromatic N) is 2. The molecule has 2 amide bonds. The zero-order valence-corrected chi connectivity index (χ0v) is 16.1. The number of methoxy groups -OCH3 is 1. The molecule has 144 valence electrons. The van der Waals surface area contributed by atoms with Crippen molar-refractivity contribution in [1.82, 2.24) is 15.5 Å². The van der Waals surface area contributed by atoms with Gasteiger partial charge in [0.1, 0.15) is 0 Å². The number of carbonyl (C=O) groups excluding carboxylic acids is 2. The molecule has 3 rings (SSSR count). The highest BCUT2D eigenvalue weighted by atomic mass is 16.5. The first-order chi connectivity index (χ1) is 12.4. The van der Waals surface area contributed by atoms with Crippen LogP contribution in [-0.2, 0) is 14.3 Å². The molecule has 3 aliphatic rings. The number of imide groups is 1. The van der Waals surface area contributed by atoms with Crippen LogP contribution in [0.1, 0.15) is 26.7 Å². The van der Waals surface area contributed by atoms with Gasteiger partial charge in [-0.25, -0.2) is 0 Å². The number of hydrogen-bond donors (Lipinski definition) is 2. The Hall–Kier alpha value is -1.89. The third-order valence-corrected chi connectivity index (χ3v) is 5.87. The maximum absolute atomic E-state index is 12.6. The van der Waals surface area contributed by atoms with E-state index in [1.54, 1.807) is 14.2 Å². The Balaban J connectivity index is 1.43. The van der Waals surface area contributed by atoms with Crippen LogP contribution in [0.2, 0.25) is 0 Å². The Kier molecular flexibility index (Phi) is 5.37. The molecule has 0 radical (unpaired) electrons. The van der Waals surface area contributed by atoms with Crippen molar-refractivity contribution in [3.8, 4) is 0 Å². The molecular weight excluding hydrogens is 332 g/mol. The number of allylic oxidation sites excluding steroid dienone is 2. The number of fused-ring (bicyclic) bond motifs is 5. The van der Waals surface area contributed by atoms with Crippen LogP contribution in [0, 0.1) is 23.7 Å². The summed E-state index contributed by atoms with van der Waals surface area (Å²) in [6, 6.07) is 0. The second kappa shape index (κ2) is 7.39. The number of carbonyl (C=O) groups is 2. The first-order valence-corrected chi connectivity index (χ1v) is 9.41. The summed E-state index contributed by atoms with van der Waals surface area (Å²) in [5.74, 6) is 1.09. The normalized spacial score (nSPS) is 30.3. The van der Waals surface area contributed by atoms with E-state index in [0.29, 0.717) is 32.0 Å². The molecule has 0 aromatic carbocycles. The monoisotopic (exact) mass is 362 g/mol. The molecule has 0 aromatic rings. The molecule has 0 spiro atoms. The number of guanidine groups is 1. The highest BCUT2D eigenvalue weighted by Gasteiger charge is 2.58. The Morgan fingerprint density at radius 3 is 2.38 bits per heavy atom. The number of hydrogen-bond acceptors (Lipinski definition) is 4. The third-order valence-electron chi connectivity index (χ3n) is 5.87. The summed E-state index contributed by atoms with van der Waals surface area (Å²) >= 11 is 0. The van der Waals surface area contributed by atoms with Crippen molar-refractivity contribution in [3.05, 3.63) is 12.2 Å². The highest BCUT2D eigenvalue weighted by Crippen LogP contribution is 2.52. The summed E-state index contributed by atoms with van der Waals surface area (Å²) in [6.07, 6.45) is 5.93. The van der Waals surface area contributed by atoms with Crippen LogP contribution in [0.15, 0.2) is 17.1 Å². The average molecular weight is 362 g/mol. The molecule has 2 aliphatic carbocycles. The molecule has 1 heterocycles. The molecule has 1 aliphatic heterocycles. The maximum Gasteiger partial charge on any atom is 0.233 e. The molecular formula is C19H30N4O3. The predicted molar refractivity (Wildman–Crippen MR) is 99.5 cm³/mol. The molecule has 4 unspecified atom stereocenters. The molecule has 7 heteroatoms. The van der Waals surface area contributed by atoms with E-state index < -0.39 is 0 Å². The largest absolute Gasteiger partial charge is 0.377 e. The van der Waals surface area contributed by atoms with Gasteiger partial charge in [-0.1, -0.05) is 12.2 Å². The van der Waals surface area contributed by atoms with E-state index in [2.05, 4.69) is 27.8 Å². The van der Waals surface area contributed by atoms with E-state index in [9.17, 15) is 9.59 Å². The number of nitrogens with one attached hydrogen (secondary N) is 2. The van der Waals surface area contributed by atoms with Gasteiger partial charge in [-0.2, -0.15) is 0 Å². The van der Waals surface area contributed by atoms with Crippen LogP contribution < -0.4 is 10.6 Å². The lowest BCUT2D eigenvalue weighted by Crippen LogP contribution is -2.46. The van der Waals surface area contributed by atoms with Gasteiger partial charge in [-0.05, 0) is 38.5 Å². The number of ether oxygens (including phenoxy) is 1. The van der Waals surface area contributed by atoms with Crippen LogP contribution in [-0.4, -0.2) is 62.1 Å². The number of aliphatic imine (C=N–C) groups is 1. The lowest BCUT2D eigenvalue weighted by Gasteiger charge is -2.24. The van der Waals surface area contributed by atoms with E-state index in [1.165, 1.54) is 4.90 Å². The first kappa shape index (κ1) is 18.9. The van der Waals surface area contributed by atoms with Gasteiger partial charge in [0.25, 0.3) is 0 Å². The Morgan fingerprint density at radius 1 is 1.23 bits per heavy atom. The van der Waals surface area contributed by atoms with Crippen molar-refractivity contribution in [2.24, 2.45) is 28.7 Å². The fourth-order valence-electron chi connectivity index (χ4n) is 4.22. The van der Waals surface area contributed by atoms with Crippen LogP contribution in [0.3, 0.4) is 0 Å². The molecule has 1 saturated heterocycles. The molecule has 2 bridgehead atoms. The first-order valence-electron chi connectivity index (χ1n) is 9.41. The lowest BCUT2D eigenvalue weighted by atomic mass is 9.85. The predicted octanol–water partition coefficient (Wildman–Crippen LogP) is 0.774. The van der Waals surface area contributed by atoms with Crippen molar-refractivity contribution in [1.29, 1.82) is 0 Å². The molecule has 7 nitrogen and oxygen atoms in total. The summed E-state index contributed by atoms with van der Waals surface area (Å²) in [4.78, 5) is 30.9. The lowest BCUT2D eigenvalue weighted by molar-refractivity contribution is -0.140. The van der Waals surface area contributed by atoms with Crippen LogP contribution >= 0.6 is 0 Å². The summed E-state index contributed by atoms with van der Waals surface area (Å²) in [7, 11) is 3.39. The molecule has 2 N–H and O–H groups in total. The van der Waals surface area contributed by atoms with Gasteiger partial charge in [0, 0.05) is 33.8 Å². The van der Waals surface area contributed by atoms with Gasteiger partial charge in [-0.3, -0.25) is 19.5 Å². The Morgan fingerprint density at radius 2 is 1.85 bits per heavy atom. The van der Waals surface area contributed by atoms with Crippen LogP contribution in [0.4, 0.5) is 0 Å². The van der Waals surface area contributed by atoms with Crippen molar-refractivity contribution in [3.63, 3.8) is 0 Å². The number of rotatable bonds is 7. The number of amides is 2. The van der Waals surface area contributed by atoms with Crippen molar-refractivity contribution in [2.75, 3.05) is 33.8 Å². The van der Waals surface area contributed by atoms with E-state index in [1.807, 2.05) is 13.8 Å². The minimum atomic E-state index is -0.281. The molecule has 0 aromatic heterocycles. The van der Waals surface area contributed by atoms with Gasteiger partial charge in [0.2, 0.25) is 11.8 Å². The van der Waals surface area contributed by atoms with E-state index in [0.717, 1.165) is 6.42 Å². The third kappa shape index (κ3) is 3.49. The van der Waals surface area contributed by atoms with Crippen molar-refractivity contribution < 1.29 is 14.3 Å². The molecule has 1 saturated carbocycles. The Bertz CT molecular complexity index is 598. The molecule has 4 atom stereocenters. The van der Waals surface area contributed by atoms with Gasteiger partial charge in [0.05, 0.1) is 17.4 Å². The van der Waals surface area contributed by atoms with Crippen LogP contribution in [0.25, 0.3) is 0 Å². The second-order valence-corrected chi connectivity index (χ2v) is 8.00. The Labute approximate surface area is 155 Å². The van der Waals surface area contributed by atoms with E-state index in [-0.39, 0.29) is 41.1 Å².